The summed E-state index contributed by atoms with van der Waals surface area (Å²) in [5, 5.41) is 3.44. The van der Waals surface area contributed by atoms with E-state index in [9.17, 15) is 0 Å². The molecule has 0 aliphatic carbocycles. The number of methoxy groups -OCH3 is 2. The van der Waals surface area contributed by atoms with Gasteiger partial charge in [0.25, 0.3) is 0 Å². The van der Waals surface area contributed by atoms with Crippen LogP contribution in [0.3, 0.4) is 0 Å². The molecule has 0 bridgehead atoms. The third-order valence-corrected chi connectivity index (χ3v) is 3.24. The van der Waals surface area contributed by atoms with E-state index in [2.05, 4.69) is 29.6 Å². The Labute approximate surface area is 137 Å². The highest BCUT2D eigenvalue weighted by Crippen LogP contribution is 2.23. The second kappa shape index (κ2) is 9.42. The molecular weight excluding hydrogens is 330 g/mol. The van der Waals surface area contributed by atoms with Gasteiger partial charge in [-0.3, -0.25) is 0 Å². The minimum absolute atomic E-state index is 0. The molecule has 0 atom stereocenters. The van der Waals surface area contributed by atoms with Crippen molar-refractivity contribution in [2.24, 2.45) is 0 Å². The van der Waals surface area contributed by atoms with E-state index in [1.807, 2.05) is 24.3 Å². The summed E-state index contributed by atoms with van der Waals surface area (Å²) in [6.45, 7) is 1.71. The SMILES string of the molecule is Br.COc1ccc(OC)c(CNCCc2ccccc2)c1. The molecule has 3 nitrogen and oxygen atoms in total. The van der Waals surface area contributed by atoms with Crippen molar-refractivity contribution >= 4 is 17.0 Å². The Morgan fingerprint density at radius 1 is 0.952 bits per heavy atom. The smallest absolute Gasteiger partial charge is 0.123 e. The maximum absolute atomic E-state index is 5.36. The maximum atomic E-state index is 5.36. The molecular formula is C17H22BrNO2. The van der Waals surface area contributed by atoms with Gasteiger partial charge in [0.15, 0.2) is 0 Å². The third kappa shape index (κ3) is 5.40. The van der Waals surface area contributed by atoms with Gasteiger partial charge in [-0.2, -0.15) is 0 Å². The summed E-state index contributed by atoms with van der Waals surface area (Å²) in [6.07, 6.45) is 1.02. The van der Waals surface area contributed by atoms with E-state index in [1.165, 1.54) is 5.56 Å². The Morgan fingerprint density at radius 3 is 2.38 bits per heavy atom. The van der Waals surface area contributed by atoms with Crippen molar-refractivity contribution < 1.29 is 9.47 Å². The van der Waals surface area contributed by atoms with Crippen molar-refractivity contribution in [3.05, 3.63) is 59.7 Å². The molecule has 4 heteroatoms. The predicted octanol–water partition coefficient (Wildman–Crippen LogP) is 3.61. The van der Waals surface area contributed by atoms with E-state index < -0.39 is 0 Å². The number of rotatable bonds is 7. The molecule has 21 heavy (non-hydrogen) atoms. The molecule has 0 aliphatic rings. The highest BCUT2D eigenvalue weighted by atomic mass is 79.9. The lowest BCUT2D eigenvalue weighted by atomic mass is 10.1. The first-order chi connectivity index (χ1) is 9.83. The lowest BCUT2D eigenvalue weighted by Crippen LogP contribution is -2.17. The molecule has 114 valence electrons. The van der Waals surface area contributed by atoms with Gasteiger partial charge in [-0.25, -0.2) is 0 Å². The van der Waals surface area contributed by atoms with Crippen LogP contribution in [0.2, 0.25) is 0 Å². The zero-order valence-corrected chi connectivity index (χ0v) is 14.2. The van der Waals surface area contributed by atoms with Crippen LogP contribution in [0.4, 0.5) is 0 Å². The molecule has 2 aromatic carbocycles. The molecule has 0 amide bonds. The Bertz CT molecular complexity index is 532. The largest absolute Gasteiger partial charge is 0.497 e. The molecule has 0 saturated carbocycles. The van der Waals surface area contributed by atoms with Gasteiger partial charge in [-0.15, -0.1) is 17.0 Å². The highest BCUT2D eigenvalue weighted by Gasteiger charge is 2.04. The van der Waals surface area contributed by atoms with E-state index >= 15 is 0 Å². The monoisotopic (exact) mass is 351 g/mol. The van der Waals surface area contributed by atoms with Crippen molar-refractivity contribution in [3.8, 4) is 11.5 Å². The topological polar surface area (TPSA) is 30.5 Å². The average molecular weight is 352 g/mol. The van der Waals surface area contributed by atoms with Crippen LogP contribution in [0.1, 0.15) is 11.1 Å². The molecule has 0 aromatic heterocycles. The molecule has 0 unspecified atom stereocenters. The third-order valence-electron chi connectivity index (χ3n) is 3.24. The summed E-state index contributed by atoms with van der Waals surface area (Å²) in [5.74, 6) is 1.74. The quantitative estimate of drug-likeness (QED) is 0.773. The van der Waals surface area contributed by atoms with Gasteiger partial charge in [-0.05, 0) is 36.7 Å². The van der Waals surface area contributed by atoms with Crippen molar-refractivity contribution in [2.75, 3.05) is 20.8 Å². The molecule has 2 aromatic rings. The van der Waals surface area contributed by atoms with Crippen LogP contribution in [-0.2, 0) is 13.0 Å². The number of hydrogen-bond donors (Lipinski definition) is 1. The zero-order chi connectivity index (χ0) is 14.2. The van der Waals surface area contributed by atoms with Gasteiger partial charge in [0, 0.05) is 12.1 Å². The normalized spacial score (nSPS) is 9.81. The maximum Gasteiger partial charge on any atom is 0.123 e. The molecule has 0 heterocycles. The predicted molar refractivity (Wildman–Crippen MR) is 91.7 cm³/mol. The van der Waals surface area contributed by atoms with Crippen LogP contribution in [0.5, 0.6) is 11.5 Å². The number of hydrogen-bond acceptors (Lipinski definition) is 3. The summed E-state index contributed by atoms with van der Waals surface area (Å²) in [4.78, 5) is 0. The number of halogens is 1. The van der Waals surface area contributed by atoms with E-state index in [0.29, 0.717) is 0 Å². The van der Waals surface area contributed by atoms with Gasteiger partial charge < -0.3 is 14.8 Å². The molecule has 1 N–H and O–H groups in total. The summed E-state index contributed by atoms with van der Waals surface area (Å²) < 4.78 is 10.6. The summed E-state index contributed by atoms with van der Waals surface area (Å²) in [5.41, 5.74) is 2.46. The van der Waals surface area contributed by atoms with E-state index in [1.54, 1.807) is 14.2 Å². The first-order valence-electron chi connectivity index (χ1n) is 6.79. The first kappa shape index (κ1) is 17.5. The van der Waals surface area contributed by atoms with Crippen molar-refractivity contribution in [1.82, 2.24) is 5.32 Å². The van der Waals surface area contributed by atoms with E-state index in [-0.39, 0.29) is 17.0 Å². The lowest BCUT2D eigenvalue weighted by molar-refractivity contribution is 0.397. The van der Waals surface area contributed by atoms with Crippen LogP contribution in [0.15, 0.2) is 48.5 Å². The van der Waals surface area contributed by atoms with Crippen LogP contribution in [0.25, 0.3) is 0 Å². The van der Waals surface area contributed by atoms with Crippen molar-refractivity contribution in [1.29, 1.82) is 0 Å². The average Bonchev–Trinajstić information content (AvgIpc) is 2.52. The molecule has 2 rings (SSSR count). The summed E-state index contributed by atoms with van der Waals surface area (Å²) in [6, 6.07) is 16.3. The van der Waals surface area contributed by atoms with Crippen LogP contribution >= 0.6 is 17.0 Å². The second-order valence-electron chi connectivity index (χ2n) is 4.59. The standard InChI is InChI=1S/C17H21NO2.BrH/c1-19-16-8-9-17(20-2)15(12-16)13-18-11-10-14-6-4-3-5-7-14;/h3-9,12,18H,10-11,13H2,1-2H3;1H. The van der Waals surface area contributed by atoms with Gasteiger partial charge in [0.2, 0.25) is 0 Å². The lowest BCUT2D eigenvalue weighted by Gasteiger charge is -2.11. The second-order valence-corrected chi connectivity index (χ2v) is 4.59. The van der Waals surface area contributed by atoms with Gasteiger partial charge >= 0.3 is 0 Å². The van der Waals surface area contributed by atoms with Crippen LogP contribution in [-0.4, -0.2) is 20.8 Å². The van der Waals surface area contributed by atoms with E-state index in [0.717, 1.165) is 36.6 Å². The van der Waals surface area contributed by atoms with Gasteiger partial charge in [0.05, 0.1) is 14.2 Å². The molecule has 0 aliphatic heterocycles. The summed E-state index contributed by atoms with van der Waals surface area (Å²) >= 11 is 0. The number of nitrogens with one attached hydrogen (secondary N) is 1. The Kier molecular flexibility index (Phi) is 7.87. The first-order valence-corrected chi connectivity index (χ1v) is 6.79. The Balaban J connectivity index is 0.00000220. The Morgan fingerprint density at radius 2 is 1.71 bits per heavy atom. The van der Waals surface area contributed by atoms with E-state index in [4.69, 9.17) is 9.47 Å². The van der Waals surface area contributed by atoms with Crippen molar-refractivity contribution in [3.63, 3.8) is 0 Å². The van der Waals surface area contributed by atoms with Gasteiger partial charge in [-0.1, -0.05) is 30.3 Å². The molecule has 0 radical (unpaired) electrons. The minimum atomic E-state index is 0. The molecule has 0 fully saturated rings. The molecule has 0 saturated heterocycles. The fraction of sp³-hybridized carbons (Fsp3) is 0.294. The molecule has 0 spiro atoms. The fourth-order valence-corrected chi connectivity index (χ4v) is 2.12. The minimum Gasteiger partial charge on any atom is -0.497 e. The van der Waals surface area contributed by atoms with Crippen LogP contribution in [0, 0.1) is 0 Å². The zero-order valence-electron chi connectivity index (χ0n) is 12.5. The number of benzene rings is 2. The van der Waals surface area contributed by atoms with Gasteiger partial charge in [0.1, 0.15) is 11.5 Å². The Hall–Kier alpha value is -1.52. The highest BCUT2D eigenvalue weighted by molar-refractivity contribution is 8.93. The number of ether oxygens (including phenoxy) is 2. The fourth-order valence-electron chi connectivity index (χ4n) is 2.12. The summed E-state index contributed by atoms with van der Waals surface area (Å²) in [7, 11) is 3.36. The van der Waals surface area contributed by atoms with Crippen molar-refractivity contribution in [2.45, 2.75) is 13.0 Å². The van der Waals surface area contributed by atoms with Crippen LogP contribution < -0.4 is 14.8 Å².